The van der Waals surface area contributed by atoms with Crippen LogP contribution in [0.25, 0.3) is 0 Å². The predicted octanol–water partition coefficient (Wildman–Crippen LogP) is 2.32. The summed E-state index contributed by atoms with van der Waals surface area (Å²) >= 11 is 0. The number of benzene rings is 2. The van der Waals surface area contributed by atoms with Gasteiger partial charge in [-0.1, -0.05) is 48.5 Å². The van der Waals surface area contributed by atoms with E-state index in [9.17, 15) is 9.59 Å². The van der Waals surface area contributed by atoms with Crippen LogP contribution in [0.4, 0.5) is 5.69 Å². The van der Waals surface area contributed by atoms with Gasteiger partial charge in [-0.15, -0.1) is 0 Å². The molecule has 1 aliphatic heterocycles. The van der Waals surface area contributed by atoms with Gasteiger partial charge in [0.2, 0.25) is 5.78 Å². The number of Topliss-reactive ketones (excluding diaryl/α,β-unsaturated/α-hetero) is 1. The number of carbonyl (C=O) groups is 2. The van der Waals surface area contributed by atoms with E-state index in [4.69, 9.17) is 0 Å². The predicted molar refractivity (Wildman–Crippen MR) is 81.1 cm³/mol. The molecule has 0 unspecified atom stereocenters. The lowest BCUT2D eigenvalue weighted by Gasteiger charge is -2.19. The van der Waals surface area contributed by atoms with Gasteiger partial charge in [-0.25, -0.2) is 0 Å². The molecule has 0 saturated heterocycles. The van der Waals surface area contributed by atoms with Gasteiger partial charge in [-0.05, 0) is 11.6 Å². The Morgan fingerprint density at radius 3 is 2.48 bits per heavy atom. The second-order valence-electron chi connectivity index (χ2n) is 5.01. The van der Waals surface area contributed by atoms with Crippen molar-refractivity contribution in [2.24, 2.45) is 0 Å². The zero-order chi connectivity index (χ0) is 14.7. The van der Waals surface area contributed by atoms with E-state index in [0.29, 0.717) is 25.2 Å². The van der Waals surface area contributed by atoms with Gasteiger partial charge in [0.25, 0.3) is 5.91 Å². The van der Waals surface area contributed by atoms with E-state index in [0.717, 1.165) is 11.3 Å². The van der Waals surface area contributed by atoms with Crippen molar-refractivity contribution in [1.29, 1.82) is 0 Å². The van der Waals surface area contributed by atoms with E-state index < -0.39 is 11.7 Å². The summed E-state index contributed by atoms with van der Waals surface area (Å²) in [6.07, 6.45) is 0. The van der Waals surface area contributed by atoms with Crippen LogP contribution in [0.3, 0.4) is 0 Å². The summed E-state index contributed by atoms with van der Waals surface area (Å²) in [5.74, 6) is -0.894. The molecule has 0 radical (unpaired) electrons. The molecule has 0 bridgehead atoms. The fraction of sp³-hybridized carbons (Fsp3) is 0.176. The molecule has 2 aromatic rings. The van der Waals surface area contributed by atoms with Crippen LogP contribution in [-0.2, 0) is 11.3 Å². The quantitative estimate of drug-likeness (QED) is 0.678. The van der Waals surface area contributed by atoms with Gasteiger partial charge >= 0.3 is 0 Å². The van der Waals surface area contributed by atoms with Crippen LogP contribution in [0.5, 0.6) is 0 Å². The molecule has 0 spiro atoms. The molecule has 1 aliphatic rings. The summed E-state index contributed by atoms with van der Waals surface area (Å²) in [4.78, 5) is 26.3. The van der Waals surface area contributed by atoms with Crippen molar-refractivity contribution >= 4 is 17.4 Å². The number of hydrogen-bond acceptors (Lipinski definition) is 3. The van der Waals surface area contributed by atoms with Gasteiger partial charge in [0.05, 0.1) is 0 Å². The Balaban J connectivity index is 1.81. The lowest BCUT2D eigenvalue weighted by atomic mass is 10.1. The summed E-state index contributed by atoms with van der Waals surface area (Å²) in [5.41, 5.74) is 2.50. The molecule has 1 amide bonds. The molecule has 1 N–H and O–H groups in total. The number of hydrogen-bond donors (Lipinski definition) is 1. The molecule has 106 valence electrons. The SMILES string of the molecule is O=C(C(=O)N1CCNc2ccccc2C1)c1ccccc1. The fourth-order valence-corrected chi connectivity index (χ4v) is 2.47. The minimum atomic E-state index is -0.449. The number of para-hydroxylation sites is 1. The van der Waals surface area contributed by atoms with Crippen LogP contribution in [-0.4, -0.2) is 29.7 Å². The Labute approximate surface area is 123 Å². The van der Waals surface area contributed by atoms with Crippen LogP contribution < -0.4 is 5.32 Å². The lowest BCUT2D eigenvalue weighted by Crippen LogP contribution is -2.37. The third-order valence-corrected chi connectivity index (χ3v) is 3.59. The lowest BCUT2D eigenvalue weighted by molar-refractivity contribution is -0.126. The smallest absolute Gasteiger partial charge is 0.295 e. The first kappa shape index (κ1) is 13.4. The number of amides is 1. The first-order chi connectivity index (χ1) is 10.3. The zero-order valence-electron chi connectivity index (χ0n) is 11.6. The van der Waals surface area contributed by atoms with Crippen LogP contribution >= 0.6 is 0 Å². The van der Waals surface area contributed by atoms with Crippen molar-refractivity contribution in [3.05, 3.63) is 65.7 Å². The highest BCUT2D eigenvalue weighted by molar-refractivity contribution is 6.42. The molecule has 0 fully saturated rings. The molecule has 21 heavy (non-hydrogen) atoms. The topological polar surface area (TPSA) is 49.4 Å². The molecular formula is C17H16N2O2. The van der Waals surface area contributed by atoms with Gasteiger partial charge in [-0.3, -0.25) is 9.59 Å². The van der Waals surface area contributed by atoms with E-state index in [1.807, 2.05) is 30.3 Å². The van der Waals surface area contributed by atoms with Crippen LogP contribution in [0.2, 0.25) is 0 Å². The Hall–Kier alpha value is -2.62. The Morgan fingerprint density at radius 2 is 1.67 bits per heavy atom. The average Bonchev–Trinajstić information content (AvgIpc) is 2.76. The van der Waals surface area contributed by atoms with Crippen molar-refractivity contribution in [3.8, 4) is 0 Å². The Bertz CT molecular complexity index is 668. The number of rotatable bonds is 2. The minimum Gasteiger partial charge on any atom is -0.383 e. The van der Waals surface area contributed by atoms with E-state index in [2.05, 4.69) is 5.32 Å². The second kappa shape index (κ2) is 5.79. The van der Waals surface area contributed by atoms with Crippen molar-refractivity contribution in [1.82, 2.24) is 4.90 Å². The number of nitrogens with one attached hydrogen (secondary N) is 1. The van der Waals surface area contributed by atoms with E-state index in [1.54, 1.807) is 29.2 Å². The Morgan fingerprint density at radius 1 is 0.952 bits per heavy atom. The summed E-state index contributed by atoms with van der Waals surface area (Å²) in [5, 5.41) is 3.28. The van der Waals surface area contributed by atoms with E-state index in [1.165, 1.54) is 0 Å². The number of carbonyl (C=O) groups excluding carboxylic acids is 2. The molecule has 2 aromatic carbocycles. The molecular weight excluding hydrogens is 264 g/mol. The highest BCUT2D eigenvalue weighted by atomic mass is 16.2. The van der Waals surface area contributed by atoms with Gasteiger partial charge in [-0.2, -0.15) is 0 Å². The van der Waals surface area contributed by atoms with Crippen molar-refractivity contribution in [2.75, 3.05) is 18.4 Å². The van der Waals surface area contributed by atoms with Crippen LogP contribution in [0.1, 0.15) is 15.9 Å². The largest absolute Gasteiger partial charge is 0.383 e. The van der Waals surface area contributed by atoms with Gasteiger partial charge in [0.1, 0.15) is 0 Å². The van der Waals surface area contributed by atoms with Crippen molar-refractivity contribution < 1.29 is 9.59 Å². The summed E-state index contributed by atoms with van der Waals surface area (Å²) in [7, 11) is 0. The van der Waals surface area contributed by atoms with Crippen LogP contribution in [0.15, 0.2) is 54.6 Å². The summed E-state index contributed by atoms with van der Waals surface area (Å²) in [6, 6.07) is 16.6. The average molecular weight is 280 g/mol. The van der Waals surface area contributed by atoms with E-state index >= 15 is 0 Å². The minimum absolute atomic E-state index is 0.438. The zero-order valence-corrected chi connectivity index (χ0v) is 11.6. The molecule has 0 atom stereocenters. The standard InChI is InChI=1S/C17H16N2O2/c20-16(13-6-2-1-3-7-13)17(21)19-11-10-18-15-9-5-4-8-14(15)12-19/h1-9,18H,10-12H2. The highest BCUT2D eigenvalue weighted by Gasteiger charge is 2.25. The summed E-state index contributed by atoms with van der Waals surface area (Å²) < 4.78 is 0. The molecule has 0 aromatic heterocycles. The third-order valence-electron chi connectivity index (χ3n) is 3.59. The molecule has 0 saturated carbocycles. The third kappa shape index (κ3) is 2.79. The number of ketones is 1. The molecule has 1 heterocycles. The van der Waals surface area contributed by atoms with Crippen molar-refractivity contribution in [3.63, 3.8) is 0 Å². The number of anilines is 1. The summed E-state index contributed by atoms with van der Waals surface area (Å²) in [6.45, 7) is 1.62. The van der Waals surface area contributed by atoms with Gasteiger partial charge < -0.3 is 10.2 Å². The van der Waals surface area contributed by atoms with Crippen LogP contribution in [0, 0.1) is 0 Å². The van der Waals surface area contributed by atoms with E-state index in [-0.39, 0.29) is 0 Å². The number of fused-ring (bicyclic) bond motifs is 1. The number of nitrogens with zero attached hydrogens (tertiary/aromatic N) is 1. The van der Waals surface area contributed by atoms with Crippen molar-refractivity contribution in [2.45, 2.75) is 6.54 Å². The first-order valence-corrected chi connectivity index (χ1v) is 6.96. The molecule has 0 aliphatic carbocycles. The normalized spacial score (nSPS) is 13.8. The maximum atomic E-state index is 12.4. The second-order valence-corrected chi connectivity index (χ2v) is 5.01. The maximum Gasteiger partial charge on any atom is 0.295 e. The fourth-order valence-electron chi connectivity index (χ4n) is 2.47. The van der Waals surface area contributed by atoms with Gasteiger partial charge in [0.15, 0.2) is 0 Å². The molecule has 4 heteroatoms. The first-order valence-electron chi connectivity index (χ1n) is 6.96. The monoisotopic (exact) mass is 280 g/mol. The molecule has 3 rings (SSSR count). The Kier molecular flexibility index (Phi) is 3.69. The highest BCUT2D eigenvalue weighted by Crippen LogP contribution is 2.20. The molecule has 4 nitrogen and oxygen atoms in total. The maximum absolute atomic E-state index is 12.4. The van der Waals surface area contributed by atoms with Gasteiger partial charge in [0, 0.05) is 30.9 Å².